The van der Waals surface area contributed by atoms with Crippen molar-refractivity contribution in [2.24, 2.45) is 0 Å². The van der Waals surface area contributed by atoms with Gasteiger partial charge in [0.05, 0.1) is 4.90 Å². The Balaban J connectivity index is 2.05. The van der Waals surface area contributed by atoms with Gasteiger partial charge in [0.25, 0.3) is 0 Å². The van der Waals surface area contributed by atoms with Gasteiger partial charge in [-0.25, -0.2) is 8.42 Å². The molecular formula is C19H28N2O3S. The predicted octanol–water partition coefficient (Wildman–Crippen LogP) is 2.21. The number of benzene rings is 1. The summed E-state index contributed by atoms with van der Waals surface area (Å²) >= 11 is 0. The number of hydrogen-bond donors (Lipinski definition) is 1. The van der Waals surface area contributed by atoms with Crippen molar-refractivity contribution < 1.29 is 13.2 Å². The molecule has 3 rings (SSSR count). The fourth-order valence-electron chi connectivity index (χ4n) is 4.16. The van der Waals surface area contributed by atoms with Crippen LogP contribution < -0.4 is 5.32 Å². The molecule has 1 atom stereocenters. The largest absolute Gasteiger partial charge is 0.338 e. The lowest BCUT2D eigenvalue weighted by atomic mass is 10.0. The van der Waals surface area contributed by atoms with Crippen LogP contribution in [-0.2, 0) is 14.6 Å². The normalized spacial score (nSPS) is 23.6. The summed E-state index contributed by atoms with van der Waals surface area (Å²) in [6.45, 7) is 7.59. The summed E-state index contributed by atoms with van der Waals surface area (Å²) in [6.07, 6.45) is 2.44. The van der Waals surface area contributed by atoms with Crippen LogP contribution in [-0.4, -0.2) is 49.6 Å². The molecule has 1 saturated heterocycles. The van der Waals surface area contributed by atoms with Gasteiger partial charge in [-0.3, -0.25) is 4.79 Å². The SMILES string of the molecule is Cc1ccc(C)c(S(=O)(=O)C2(C(=O)N3CCNC(C)C3)CCCC2)c1. The van der Waals surface area contributed by atoms with Crippen molar-refractivity contribution in [3.63, 3.8) is 0 Å². The van der Waals surface area contributed by atoms with Crippen molar-refractivity contribution in [2.45, 2.75) is 62.1 Å². The molecule has 1 amide bonds. The van der Waals surface area contributed by atoms with Crippen molar-refractivity contribution in [2.75, 3.05) is 19.6 Å². The number of sulfone groups is 1. The summed E-state index contributed by atoms with van der Waals surface area (Å²) in [5, 5.41) is 3.31. The second kappa shape index (κ2) is 6.72. The van der Waals surface area contributed by atoms with E-state index in [1.807, 2.05) is 32.9 Å². The molecule has 5 nitrogen and oxygen atoms in total. The fourth-order valence-corrected chi connectivity index (χ4v) is 6.59. The van der Waals surface area contributed by atoms with Crippen molar-refractivity contribution in [3.8, 4) is 0 Å². The van der Waals surface area contributed by atoms with E-state index in [0.29, 0.717) is 37.4 Å². The number of amides is 1. The van der Waals surface area contributed by atoms with Gasteiger partial charge in [-0.05, 0) is 50.8 Å². The molecular weight excluding hydrogens is 336 g/mol. The van der Waals surface area contributed by atoms with Crippen LogP contribution in [0.3, 0.4) is 0 Å². The van der Waals surface area contributed by atoms with Gasteiger partial charge in [0.1, 0.15) is 0 Å². The monoisotopic (exact) mass is 364 g/mol. The Hall–Kier alpha value is -1.40. The summed E-state index contributed by atoms with van der Waals surface area (Å²) in [4.78, 5) is 15.5. The quantitative estimate of drug-likeness (QED) is 0.893. The number of carbonyl (C=O) groups is 1. The third-order valence-corrected chi connectivity index (χ3v) is 8.24. The molecule has 1 saturated carbocycles. The molecule has 138 valence electrons. The van der Waals surface area contributed by atoms with Gasteiger partial charge in [0, 0.05) is 25.7 Å². The van der Waals surface area contributed by atoms with E-state index in [-0.39, 0.29) is 11.9 Å². The average Bonchev–Trinajstić information content (AvgIpc) is 3.08. The Morgan fingerprint density at radius 3 is 2.56 bits per heavy atom. The van der Waals surface area contributed by atoms with Gasteiger partial charge in [-0.2, -0.15) is 0 Å². The van der Waals surface area contributed by atoms with Gasteiger partial charge >= 0.3 is 0 Å². The number of aryl methyl sites for hydroxylation is 2. The summed E-state index contributed by atoms with van der Waals surface area (Å²) in [5.41, 5.74) is 1.62. The number of nitrogens with zero attached hydrogens (tertiary/aromatic N) is 1. The Bertz CT molecular complexity index is 767. The van der Waals surface area contributed by atoms with Crippen molar-refractivity contribution in [1.82, 2.24) is 10.2 Å². The lowest BCUT2D eigenvalue weighted by molar-refractivity contribution is -0.135. The van der Waals surface area contributed by atoms with Crippen LogP contribution in [0.2, 0.25) is 0 Å². The number of carbonyl (C=O) groups excluding carboxylic acids is 1. The third kappa shape index (κ3) is 3.10. The van der Waals surface area contributed by atoms with Crippen LogP contribution in [0.4, 0.5) is 0 Å². The highest BCUT2D eigenvalue weighted by molar-refractivity contribution is 7.93. The minimum atomic E-state index is -3.73. The highest BCUT2D eigenvalue weighted by Crippen LogP contribution is 2.43. The molecule has 2 aliphatic rings. The molecule has 0 aromatic heterocycles. The molecule has 0 radical (unpaired) electrons. The van der Waals surface area contributed by atoms with Crippen molar-refractivity contribution >= 4 is 15.7 Å². The highest BCUT2D eigenvalue weighted by Gasteiger charge is 2.55. The Morgan fingerprint density at radius 2 is 1.92 bits per heavy atom. The summed E-state index contributed by atoms with van der Waals surface area (Å²) in [7, 11) is -3.73. The maximum Gasteiger partial charge on any atom is 0.244 e. The molecule has 1 aromatic rings. The number of hydrogen-bond acceptors (Lipinski definition) is 4. The van der Waals surface area contributed by atoms with Crippen molar-refractivity contribution in [3.05, 3.63) is 29.3 Å². The molecule has 25 heavy (non-hydrogen) atoms. The van der Waals surface area contributed by atoms with E-state index in [2.05, 4.69) is 5.32 Å². The summed E-state index contributed by atoms with van der Waals surface area (Å²) in [6, 6.07) is 5.66. The standard InChI is InChI=1S/C19H28N2O3S/c1-14-6-7-15(2)17(12-14)25(23,24)19(8-4-5-9-19)18(22)21-11-10-20-16(3)13-21/h6-7,12,16,20H,4-5,8-11,13H2,1-3H3. The molecule has 0 bridgehead atoms. The molecule has 1 aliphatic carbocycles. The third-order valence-electron chi connectivity index (χ3n) is 5.60. The molecule has 2 fully saturated rings. The number of piperazine rings is 1. The highest BCUT2D eigenvalue weighted by atomic mass is 32.2. The summed E-state index contributed by atoms with van der Waals surface area (Å²) in [5.74, 6) is -0.195. The Morgan fingerprint density at radius 1 is 1.24 bits per heavy atom. The number of nitrogens with one attached hydrogen (secondary N) is 1. The van der Waals surface area contributed by atoms with E-state index in [1.165, 1.54) is 0 Å². The molecule has 1 N–H and O–H groups in total. The maximum absolute atomic E-state index is 13.6. The van der Waals surface area contributed by atoms with Crippen LogP contribution >= 0.6 is 0 Å². The van der Waals surface area contributed by atoms with Gasteiger partial charge < -0.3 is 10.2 Å². The topological polar surface area (TPSA) is 66.5 Å². The zero-order valence-electron chi connectivity index (χ0n) is 15.3. The Kier molecular flexibility index (Phi) is 4.95. The van der Waals surface area contributed by atoms with Crippen LogP contribution in [0.25, 0.3) is 0 Å². The first-order valence-corrected chi connectivity index (χ1v) is 10.6. The molecule has 1 aromatic carbocycles. The van der Waals surface area contributed by atoms with Crippen LogP contribution in [0.1, 0.15) is 43.7 Å². The van der Waals surface area contributed by atoms with E-state index in [9.17, 15) is 13.2 Å². The first-order valence-electron chi connectivity index (χ1n) is 9.12. The van der Waals surface area contributed by atoms with Crippen LogP contribution in [0, 0.1) is 13.8 Å². The molecule has 1 unspecified atom stereocenters. The average molecular weight is 365 g/mol. The number of rotatable bonds is 3. The smallest absolute Gasteiger partial charge is 0.244 e. The fraction of sp³-hybridized carbons (Fsp3) is 0.632. The van der Waals surface area contributed by atoms with Gasteiger partial charge in [-0.1, -0.05) is 25.0 Å². The van der Waals surface area contributed by atoms with Crippen LogP contribution in [0.15, 0.2) is 23.1 Å². The van der Waals surface area contributed by atoms with Gasteiger partial charge in [0.15, 0.2) is 14.6 Å². The van der Waals surface area contributed by atoms with E-state index in [0.717, 1.165) is 24.0 Å². The molecule has 1 heterocycles. The van der Waals surface area contributed by atoms with Crippen LogP contribution in [0.5, 0.6) is 0 Å². The van der Waals surface area contributed by atoms with Crippen molar-refractivity contribution in [1.29, 1.82) is 0 Å². The zero-order chi connectivity index (χ0) is 18.2. The second-order valence-electron chi connectivity index (χ2n) is 7.58. The zero-order valence-corrected chi connectivity index (χ0v) is 16.2. The first kappa shape index (κ1) is 18.4. The van der Waals surface area contributed by atoms with Gasteiger partial charge in [-0.15, -0.1) is 0 Å². The van der Waals surface area contributed by atoms with E-state index < -0.39 is 14.6 Å². The van der Waals surface area contributed by atoms with Gasteiger partial charge in [0.2, 0.25) is 5.91 Å². The van der Waals surface area contributed by atoms with E-state index in [4.69, 9.17) is 0 Å². The predicted molar refractivity (Wildman–Crippen MR) is 98.3 cm³/mol. The molecule has 0 spiro atoms. The lowest BCUT2D eigenvalue weighted by Gasteiger charge is -2.38. The second-order valence-corrected chi connectivity index (χ2v) is 9.81. The van der Waals surface area contributed by atoms with E-state index >= 15 is 0 Å². The Labute approximate surface area is 150 Å². The molecule has 1 aliphatic heterocycles. The van der Waals surface area contributed by atoms with E-state index in [1.54, 1.807) is 11.0 Å². The minimum absolute atomic E-state index is 0.194. The first-order chi connectivity index (χ1) is 11.8. The lowest BCUT2D eigenvalue weighted by Crippen LogP contribution is -2.59. The molecule has 6 heteroatoms. The maximum atomic E-state index is 13.6. The minimum Gasteiger partial charge on any atom is -0.338 e. The summed E-state index contributed by atoms with van der Waals surface area (Å²) < 4.78 is 26.0.